The summed E-state index contributed by atoms with van der Waals surface area (Å²) in [6.45, 7) is 0. The zero-order valence-electron chi connectivity index (χ0n) is 27.7. The Morgan fingerprint density at radius 1 is 0.519 bits per heavy atom. The number of fused-ring (bicyclic) bond motifs is 9. The highest BCUT2D eigenvalue weighted by atomic mass is 32.1. The van der Waals surface area contributed by atoms with E-state index in [2.05, 4.69) is 91.0 Å². The second kappa shape index (κ2) is 11.5. The van der Waals surface area contributed by atoms with Crippen LogP contribution in [-0.2, 0) is 6.42 Å². The van der Waals surface area contributed by atoms with Crippen LogP contribution in [0, 0.1) is 0 Å². The van der Waals surface area contributed by atoms with E-state index in [1.165, 1.54) is 36.9 Å². The van der Waals surface area contributed by atoms with Gasteiger partial charge in [-0.25, -0.2) is 15.0 Å². The molecular weight excluding hydrogens is 659 g/mol. The molecule has 0 spiro atoms. The summed E-state index contributed by atoms with van der Waals surface area (Å²) in [6, 6.07) is 46.0. The van der Waals surface area contributed by atoms with Gasteiger partial charge >= 0.3 is 0 Å². The van der Waals surface area contributed by atoms with Crippen molar-refractivity contribution in [2.75, 3.05) is 0 Å². The first-order valence-corrected chi connectivity index (χ1v) is 18.1. The van der Waals surface area contributed by atoms with Gasteiger partial charge in [-0.2, -0.15) is 0 Å². The second-order valence-electron chi connectivity index (χ2n) is 13.1. The highest BCUT2D eigenvalue weighted by Gasteiger charge is 2.22. The van der Waals surface area contributed by atoms with Crippen molar-refractivity contribution in [3.05, 3.63) is 162 Å². The number of hydrogen-bond donors (Lipinski definition) is 0. The number of hydrogen-bond acceptors (Lipinski definition) is 6. The third-order valence-corrected chi connectivity index (χ3v) is 11.1. The molecule has 0 aliphatic heterocycles. The van der Waals surface area contributed by atoms with Crippen LogP contribution in [0.4, 0.5) is 0 Å². The molecule has 1 aliphatic rings. The van der Waals surface area contributed by atoms with Crippen LogP contribution in [0.25, 0.3) is 99.1 Å². The van der Waals surface area contributed by atoms with Crippen LogP contribution in [0.5, 0.6) is 0 Å². The average molecular weight is 686 g/mol. The summed E-state index contributed by atoms with van der Waals surface area (Å²) in [5, 5.41) is 5.83. The summed E-state index contributed by atoms with van der Waals surface area (Å²) in [5.74, 6) is 2.73. The molecule has 4 aromatic heterocycles. The summed E-state index contributed by atoms with van der Waals surface area (Å²) in [6.07, 6.45) is 6.96. The molecule has 0 unspecified atom stereocenters. The van der Waals surface area contributed by atoms with Gasteiger partial charge in [0.25, 0.3) is 0 Å². The third-order valence-electron chi connectivity index (χ3n) is 10.0. The fourth-order valence-corrected chi connectivity index (χ4v) is 8.77. The van der Waals surface area contributed by atoms with E-state index in [0.29, 0.717) is 23.9 Å². The number of allylic oxidation sites excluding steroid dienone is 2. The summed E-state index contributed by atoms with van der Waals surface area (Å²) in [4.78, 5) is 15.0. The van der Waals surface area contributed by atoms with Crippen molar-refractivity contribution < 1.29 is 8.83 Å². The second-order valence-corrected chi connectivity index (χ2v) is 14.2. The molecule has 11 rings (SSSR count). The Balaban J connectivity index is 1.04. The van der Waals surface area contributed by atoms with E-state index in [1.54, 1.807) is 0 Å². The first kappa shape index (κ1) is 29.1. The smallest absolute Gasteiger partial charge is 0.164 e. The maximum absolute atomic E-state index is 6.48. The number of rotatable bonds is 4. The van der Waals surface area contributed by atoms with Crippen molar-refractivity contribution in [2.24, 2.45) is 0 Å². The van der Waals surface area contributed by atoms with Crippen molar-refractivity contribution in [1.29, 1.82) is 0 Å². The first-order valence-electron chi connectivity index (χ1n) is 17.3. The Hall–Kier alpha value is -6.63. The minimum Gasteiger partial charge on any atom is -0.456 e. The molecular formula is C46H27N3O2S. The van der Waals surface area contributed by atoms with Gasteiger partial charge in [-0.1, -0.05) is 97.1 Å². The summed E-state index contributed by atoms with van der Waals surface area (Å²) in [7, 11) is 0. The van der Waals surface area contributed by atoms with Gasteiger partial charge in [-0.3, -0.25) is 0 Å². The molecule has 0 radical (unpaired) electrons. The van der Waals surface area contributed by atoms with E-state index in [1.807, 2.05) is 72.0 Å². The fraction of sp³-hybridized carbons (Fsp3) is 0.0217. The van der Waals surface area contributed by atoms with Gasteiger partial charge in [-0.05, 0) is 71.3 Å². The predicted molar refractivity (Wildman–Crippen MR) is 213 cm³/mol. The fourth-order valence-electron chi connectivity index (χ4n) is 7.64. The van der Waals surface area contributed by atoms with Crippen LogP contribution in [0.3, 0.4) is 0 Å². The molecule has 244 valence electrons. The lowest BCUT2D eigenvalue weighted by atomic mass is 9.90. The van der Waals surface area contributed by atoms with Gasteiger partial charge in [0, 0.05) is 59.4 Å². The van der Waals surface area contributed by atoms with E-state index in [4.69, 9.17) is 23.8 Å². The molecule has 0 bridgehead atoms. The van der Waals surface area contributed by atoms with Crippen molar-refractivity contribution in [2.45, 2.75) is 6.42 Å². The van der Waals surface area contributed by atoms with Crippen LogP contribution in [0.15, 0.2) is 154 Å². The van der Waals surface area contributed by atoms with E-state index < -0.39 is 0 Å². The minimum absolute atomic E-state index is 0.603. The maximum Gasteiger partial charge on any atom is 0.164 e. The number of nitrogens with zero attached hydrogens (tertiary/aromatic N) is 3. The molecule has 0 atom stereocenters. The van der Waals surface area contributed by atoms with Crippen molar-refractivity contribution in [3.8, 4) is 33.9 Å². The largest absolute Gasteiger partial charge is 0.456 e. The highest BCUT2D eigenvalue weighted by Crippen LogP contribution is 2.44. The Kier molecular flexibility index (Phi) is 6.42. The van der Waals surface area contributed by atoms with Crippen LogP contribution in [-0.4, -0.2) is 15.0 Å². The monoisotopic (exact) mass is 685 g/mol. The molecule has 0 N–H and O–H groups in total. The standard InChI is InChI=1S/C46H27N3O2S/c1-2-10-28(11-3-1)45-47-42(48-46(49-45)29-21-23-37-34(26-29)30-12-4-6-16-36(30)50-37)25-27-20-22-38-35(24-27)43-31(14-8-17-39(43)51-38)32-15-9-19-41-44(32)33-13-5-7-18-40(33)52-41/h1-23,25-26H,24H2/b27-25+. The minimum atomic E-state index is 0.603. The van der Waals surface area contributed by atoms with Gasteiger partial charge in [0.05, 0.1) is 0 Å². The zero-order valence-corrected chi connectivity index (χ0v) is 28.5. The first-order chi connectivity index (χ1) is 25.7. The molecule has 6 aromatic carbocycles. The van der Waals surface area contributed by atoms with Crippen LogP contribution in [0.1, 0.15) is 17.1 Å². The Morgan fingerprint density at radius 2 is 1.23 bits per heavy atom. The lowest BCUT2D eigenvalue weighted by Crippen LogP contribution is -2.01. The molecule has 0 amide bonds. The number of benzene rings is 6. The summed E-state index contributed by atoms with van der Waals surface area (Å²) >= 11 is 1.84. The lowest BCUT2D eigenvalue weighted by Gasteiger charge is -2.12. The molecule has 0 saturated heterocycles. The van der Waals surface area contributed by atoms with Crippen LogP contribution >= 0.6 is 11.3 Å². The van der Waals surface area contributed by atoms with Gasteiger partial charge in [0.1, 0.15) is 22.5 Å². The Bertz CT molecular complexity index is 3110. The van der Waals surface area contributed by atoms with E-state index in [-0.39, 0.29) is 0 Å². The summed E-state index contributed by atoms with van der Waals surface area (Å²) in [5.41, 5.74) is 9.09. The quantitative estimate of drug-likeness (QED) is 0.184. The van der Waals surface area contributed by atoms with E-state index in [0.717, 1.165) is 55.4 Å². The highest BCUT2D eigenvalue weighted by molar-refractivity contribution is 7.25. The van der Waals surface area contributed by atoms with Crippen LogP contribution < -0.4 is 0 Å². The molecule has 0 fully saturated rings. The lowest BCUT2D eigenvalue weighted by molar-refractivity contribution is 0.598. The topological polar surface area (TPSA) is 65.0 Å². The van der Waals surface area contributed by atoms with Crippen molar-refractivity contribution >= 4 is 76.6 Å². The number of para-hydroxylation sites is 1. The SMILES string of the molecule is C1=Cc2oc3cccc(-c4cccc5sc6ccccc6c45)c3c2C/C1=C/c1nc(-c2ccccc2)nc(-c2ccc3oc4ccccc4c3c2)n1. The number of furan rings is 2. The van der Waals surface area contributed by atoms with Gasteiger partial charge in [-0.15, -0.1) is 11.3 Å². The van der Waals surface area contributed by atoms with Crippen molar-refractivity contribution in [3.63, 3.8) is 0 Å². The average Bonchev–Trinajstić information content (AvgIpc) is 3.89. The molecule has 1 aliphatic carbocycles. The molecule has 4 heterocycles. The molecule has 0 saturated carbocycles. The van der Waals surface area contributed by atoms with Gasteiger partial charge in [0.2, 0.25) is 0 Å². The molecule has 52 heavy (non-hydrogen) atoms. The van der Waals surface area contributed by atoms with Crippen LogP contribution in [0.2, 0.25) is 0 Å². The van der Waals surface area contributed by atoms with Crippen molar-refractivity contribution in [1.82, 2.24) is 15.0 Å². The summed E-state index contributed by atoms with van der Waals surface area (Å²) < 4.78 is 15.2. The predicted octanol–water partition coefficient (Wildman–Crippen LogP) is 12.5. The number of aromatic nitrogens is 3. The molecule has 5 nitrogen and oxygen atoms in total. The Labute approximate surface area is 301 Å². The Morgan fingerprint density at radius 3 is 2.13 bits per heavy atom. The normalized spacial score (nSPS) is 13.7. The van der Waals surface area contributed by atoms with E-state index >= 15 is 0 Å². The maximum atomic E-state index is 6.48. The third kappa shape index (κ3) is 4.65. The molecule has 10 aromatic rings. The van der Waals surface area contributed by atoms with Gasteiger partial charge < -0.3 is 8.83 Å². The number of thiophene rings is 1. The van der Waals surface area contributed by atoms with E-state index in [9.17, 15) is 0 Å². The van der Waals surface area contributed by atoms with Gasteiger partial charge in [0.15, 0.2) is 17.5 Å². The zero-order chi connectivity index (χ0) is 34.2. The molecule has 6 heteroatoms.